The van der Waals surface area contributed by atoms with E-state index in [2.05, 4.69) is 10.3 Å². The van der Waals surface area contributed by atoms with Gasteiger partial charge in [-0.2, -0.15) is 0 Å². The Labute approximate surface area is 158 Å². The van der Waals surface area contributed by atoms with E-state index in [0.29, 0.717) is 23.6 Å². The summed E-state index contributed by atoms with van der Waals surface area (Å²) < 4.78 is 10.7. The van der Waals surface area contributed by atoms with Crippen molar-refractivity contribution in [2.24, 2.45) is 5.92 Å². The molecule has 0 radical (unpaired) electrons. The van der Waals surface area contributed by atoms with Crippen LogP contribution in [0.2, 0.25) is 0 Å². The van der Waals surface area contributed by atoms with Crippen molar-refractivity contribution in [3.05, 3.63) is 53.7 Å². The van der Waals surface area contributed by atoms with Crippen LogP contribution in [-0.4, -0.2) is 53.1 Å². The molecule has 0 spiro atoms. The molecule has 1 amide bonds. The van der Waals surface area contributed by atoms with Crippen LogP contribution in [-0.2, 0) is 0 Å². The Hall–Kier alpha value is -2.64. The van der Waals surface area contributed by atoms with Crippen LogP contribution in [0.1, 0.15) is 22.5 Å². The van der Waals surface area contributed by atoms with Crippen molar-refractivity contribution in [1.29, 1.82) is 0 Å². The lowest BCUT2D eigenvalue weighted by atomic mass is 10.1. The number of methoxy groups -OCH3 is 1. The van der Waals surface area contributed by atoms with Crippen molar-refractivity contribution in [3.8, 4) is 11.6 Å². The number of aryl methyl sites for hydroxylation is 1. The van der Waals surface area contributed by atoms with Gasteiger partial charge in [0.05, 0.1) is 25.9 Å². The van der Waals surface area contributed by atoms with Crippen molar-refractivity contribution >= 4 is 5.91 Å². The summed E-state index contributed by atoms with van der Waals surface area (Å²) in [6.45, 7) is 2.08. The first kappa shape index (κ1) is 19.1. The second kappa shape index (κ2) is 8.37. The summed E-state index contributed by atoms with van der Waals surface area (Å²) in [5, 5.41) is 23.4. The van der Waals surface area contributed by atoms with Crippen LogP contribution in [0, 0.1) is 12.8 Å². The average Bonchev–Trinajstić information content (AvgIpc) is 2.94. The van der Waals surface area contributed by atoms with Crippen molar-refractivity contribution in [2.75, 3.05) is 13.7 Å². The van der Waals surface area contributed by atoms with Crippen LogP contribution in [0.4, 0.5) is 0 Å². The highest BCUT2D eigenvalue weighted by Gasteiger charge is 2.42. The third-order valence-electron chi connectivity index (χ3n) is 4.78. The van der Waals surface area contributed by atoms with E-state index in [-0.39, 0.29) is 18.4 Å². The Morgan fingerprint density at radius 3 is 2.59 bits per heavy atom. The highest BCUT2D eigenvalue weighted by molar-refractivity contribution is 5.94. The van der Waals surface area contributed by atoms with Gasteiger partial charge in [-0.05, 0) is 43.7 Å². The first-order valence-corrected chi connectivity index (χ1v) is 8.85. The maximum absolute atomic E-state index is 12.4. The van der Waals surface area contributed by atoms with Crippen molar-refractivity contribution in [1.82, 2.24) is 10.3 Å². The van der Waals surface area contributed by atoms with E-state index in [1.165, 1.54) is 0 Å². The fourth-order valence-electron chi connectivity index (χ4n) is 3.22. The molecule has 7 nitrogen and oxygen atoms in total. The number of nitrogens with one attached hydrogen (secondary N) is 1. The topological polar surface area (TPSA) is 101 Å². The minimum atomic E-state index is -1.05. The quantitative estimate of drug-likeness (QED) is 0.707. The summed E-state index contributed by atoms with van der Waals surface area (Å²) >= 11 is 0. The largest absolute Gasteiger partial charge is 0.497 e. The molecule has 4 atom stereocenters. The fourth-order valence-corrected chi connectivity index (χ4v) is 3.22. The second-order valence-electron chi connectivity index (χ2n) is 6.71. The van der Waals surface area contributed by atoms with Gasteiger partial charge in [-0.15, -0.1) is 0 Å². The zero-order chi connectivity index (χ0) is 19.4. The van der Waals surface area contributed by atoms with Crippen LogP contribution >= 0.6 is 0 Å². The molecule has 1 fully saturated rings. The minimum absolute atomic E-state index is 0.212. The van der Waals surface area contributed by atoms with E-state index in [9.17, 15) is 15.0 Å². The van der Waals surface area contributed by atoms with Crippen molar-refractivity contribution < 1.29 is 24.5 Å². The zero-order valence-electron chi connectivity index (χ0n) is 15.3. The van der Waals surface area contributed by atoms with Crippen molar-refractivity contribution in [2.45, 2.75) is 31.6 Å². The van der Waals surface area contributed by atoms with Crippen LogP contribution in [0.25, 0.3) is 0 Å². The molecule has 0 saturated heterocycles. The zero-order valence-corrected chi connectivity index (χ0v) is 15.3. The molecule has 1 heterocycles. The molecule has 144 valence electrons. The number of aliphatic hydroxyl groups excluding tert-OH is 2. The number of nitrogens with zero attached hydrogens (tertiary/aromatic N) is 1. The smallest absolute Gasteiger partial charge is 0.251 e. The Morgan fingerprint density at radius 1 is 1.19 bits per heavy atom. The number of aliphatic hydroxyl groups is 2. The number of pyridine rings is 1. The molecule has 1 saturated carbocycles. The molecule has 0 unspecified atom stereocenters. The summed E-state index contributed by atoms with van der Waals surface area (Å²) in [6.07, 6.45) is -1.61. The third-order valence-corrected chi connectivity index (χ3v) is 4.78. The molecule has 1 aliphatic rings. The number of hydrogen-bond acceptors (Lipinski definition) is 6. The van der Waals surface area contributed by atoms with E-state index < -0.39 is 18.2 Å². The van der Waals surface area contributed by atoms with Crippen molar-refractivity contribution in [3.63, 3.8) is 0 Å². The van der Waals surface area contributed by atoms with E-state index in [4.69, 9.17) is 9.47 Å². The standard InChI is InChI=1S/C20H24N2O5/c1-12-4-3-5-17(21-12)27-11-14-10-16(19(24)18(14)23)22-20(25)13-6-8-15(26-2)9-7-13/h3-9,14,16,18-19,23-24H,10-11H2,1-2H3,(H,22,25)/t14-,16-,18-,19+/m1/s1. The third kappa shape index (κ3) is 4.56. The van der Waals surface area contributed by atoms with Gasteiger partial charge < -0.3 is 25.0 Å². The lowest BCUT2D eigenvalue weighted by Gasteiger charge is -2.18. The molecular formula is C20H24N2O5. The van der Waals surface area contributed by atoms with Gasteiger partial charge in [0.15, 0.2) is 0 Å². The Bertz CT molecular complexity index is 780. The number of hydrogen-bond donors (Lipinski definition) is 3. The van der Waals surface area contributed by atoms with Crippen LogP contribution < -0.4 is 14.8 Å². The lowest BCUT2D eigenvalue weighted by molar-refractivity contribution is 0.00217. The summed E-state index contributed by atoms with van der Waals surface area (Å²) in [7, 11) is 1.56. The molecule has 3 N–H and O–H groups in total. The summed E-state index contributed by atoms with van der Waals surface area (Å²) in [5.41, 5.74) is 1.30. The minimum Gasteiger partial charge on any atom is -0.497 e. The number of benzene rings is 1. The molecule has 27 heavy (non-hydrogen) atoms. The first-order chi connectivity index (χ1) is 13.0. The number of ether oxygens (including phenoxy) is 2. The average molecular weight is 372 g/mol. The molecule has 1 aliphatic carbocycles. The molecule has 3 rings (SSSR count). The lowest BCUT2D eigenvalue weighted by Crippen LogP contribution is -2.43. The number of carbonyl (C=O) groups excluding carboxylic acids is 1. The Kier molecular flexibility index (Phi) is 5.93. The maximum atomic E-state index is 12.4. The number of amides is 1. The fraction of sp³-hybridized carbons (Fsp3) is 0.400. The monoisotopic (exact) mass is 372 g/mol. The van der Waals surface area contributed by atoms with Crippen LogP contribution in [0.15, 0.2) is 42.5 Å². The summed E-state index contributed by atoms with van der Waals surface area (Å²) in [4.78, 5) is 16.6. The molecule has 0 bridgehead atoms. The molecule has 0 aliphatic heterocycles. The predicted octanol–water partition coefficient (Wildman–Crippen LogP) is 1.32. The van der Waals surface area contributed by atoms with Crippen LogP contribution in [0.3, 0.4) is 0 Å². The Morgan fingerprint density at radius 2 is 1.93 bits per heavy atom. The van der Waals surface area contributed by atoms with E-state index in [1.54, 1.807) is 37.4 Å². The van der Waals surface area contributed by atoms with Crippen LogP contribution in [0.5, 0.6) is 11.6 Å². The number of rotatable bonds is 6. The molecule has 7 heteroatoms. The molecule has 1 aromatic heterocycles. The molecule has 2 aromatic rings. The predicted molar refractivity (Wildman–Crippen MR) is 98.8 cm³/mol. The van der Waals surface area contributed by atoms with Gasteiger partial charge in [0.1, 0.15) is 11.9 Å². The number of carbonyl (C=O) groups is 1. The summed E-state index contributed by atoms with van der Waals surface area (Å²) in [6, 6.07) is 11.6. The first-order valence-electron chi connectivity index (χ1n) is 8.85. The van der Waals surface area contributed by atoms with E-state index in [1.807, 2.05) is 19.1 Å². The summed E-state index contributed by atoms with van der Waals surface area (Å²) in [5.74, 6) is 0.520. The van der Waals surface area contributed by atoms with E-state index >= 15 is 0 Å². The number of aromatic nitrogens is 1. The Balaban J connectivity index is 1.57. The molecule has 1 aromatic carbocycles. The van der Waals surface area contributed by atoms with E-state index in [0.717, 1.165) is 5.69 Å². The van der Waals surface area contributed by atoms with Gasteiger partial charge >= 0.3 is 0 Å². The normalized spacial score (nSPS) is 24.4. The molecular weight excluding hydrogens is 348 g/mol. The van der Waals surface area contributed by atoms with Gasteiger partial charge in [0.25, 0.3) is 5.91 Å². The van der Waals surface area contributed by atoms with Gasteiger partial charge in [0, 0.05) is 23.2 Å². The van der Waals surface area contributed by atoms with Gasteiger partial charge in [-0.3, -0.25) is 4.79 Å². The van der Waals surface area contributed by atoms with Gasteiger partial charge in [-0.1, -0.05) is 6.07 Å². The second-order valence-corrected chi connectivity index (χ2v) is 6.71. The maximum Gasteiger partial charge on any atom is 0.251 e. The highest BCUT2D eigenvalue weighted by Crippen LogP contribution is 2.28. The van der Waals surface area contributed by atoms with Gasteiger partial charge in [0.2, 0.25) is 5.88 Å². The SMILES string of the molecule is COc1ccc(C(=O)N[C@@H]2C[C@H](COc3cccc(C)n3)[C@@H](O)[C@H]2O)cc1. The highest BCUT2D eigenvalue weighted by atomic mass is 16.5. The van der Waals surface area contributed by atoms with Gasteiger partial charge in [-0.25, -0.2) is 4.98 Å².